The molecular formula is C17H31NO4. The second-order valence-corrected chi connectivity index (χ2v) is 8.32. The van der Waals surface area contributed by atoms with Gasteiger partial charge in [-0.05, 0) is 60.3 Å². The molecule has 5 heteroatoms. The molecule has 3 unspecified atom stereocenters. The molecule has 2 fully saturated rings. The van der Waals surface area contributed by atoms with Crippen LogP contribution in [0.3, 0.4) is 0 Å². The molecule has 1 amide bonds. The maximum atomic E-state index is 12.2. The van der Waals surface area contributed by atoms with E-state index in [0.717, 1.165) is 19.3 Å². The fourth-order valence-corrected chi connectivity index (χ4v) is 3.33. The summed E-state index contributed by atoms with van der Waals surface area (Å²) in [6.07, 6.45) is 3.05. The number of carbonyl (C=O) groups excluding carboxylic acids is 1. The van der Waals surface area contributed by atoms with Crippen LogP contribution in [0.25, 0.3) is 0 Å². The third-order valence-electron chi connectivity index (χ3n) is 4.47. The highest BCUT2D eigenvalue weighted by Gasteiger charge is 2.38. The highest BCUT2D eigenvalue weighted by Crippen LogP contribution is 2.34. The lowest BCUT2D eigenvalue weighted by Gasteiger charge is -2.38. The van der Waals surface area contributed by atoms with E-state index in [1.807, 2.05) is 20.8 Å². The van der Waals surface area contributed by atoms with Gasteiger partial charge >= 0.3 is 6.09 Å². The maximum Gasteiger partial charge on any atom is 0.410 e. The van der Waals surface area contributed by atoms with Gasteiger partial charge in [-0.1, -0.05) is 0 Å². The molecule has 2 aliphatic heterocycles. The van der Waals surface area contributed by atoms with E-state index < -0.39 is 5.60 Å². The minimum atomic E-state index is -0.485. The fourth-order valence-electron chi connectivity index (χ4n) is 3.33. The van der Waals surface area contributed by atoms with Crippen molar-refractivity contribution in [2.45, 2.75) is 83.7 Å². The Balaban J connectivity index is 1.90. The van der Waals surface area contributed by atoms with Gasteiger partial charge in [-0.25, -0.2) is 4.79 Å². The number of hydrogen-bond donors (Lipinski definition) is 1. The summed E-state index contributed by atoms with van der Waals surface area (Å²) in [5, 5.41) is 10.3. The number of aliphatic hydroxyl groups excluding tert-OH is 1. The van der Waals surface area contributed by atoms with Crippen LogP contribution in [0.5, 0.6) is 0 Å². The van der Waals surface area contributed by atoms with Crippen LogP contribution in [0.4, 0.5) is 4.79 Å². The maximum absolute atomic E-state index is 12.2. The van der Waals surface area contributed by atoms with Crippen LogP contribution in [-0.2, 0) is 9.47 Å². The number of carbonyl (C=O) groups is 1. The number of nitrogens with zero attached hydrogens (tertiary/aromatic N) is 1. The number of ether oxygens (including phenoxy) is 2. The molecule has 1 N–H and O–H groups in total. The van der Waals surface area contributed by atoms with Crippen molar-refractivity contribution in [2.75, 3.05) is 13.1 Å². The van der Waals surface area contributed by atoms with Crippen LogP contribution in [0, 0.1) is 5.92 Å². The first-order valence-corrected chi connectivity index (χ1v) is 8.39. The van der Waals surface area contributed by atoms with E-state index in [0.29, 0.717) is 19.5 Å². The monoisotopic (exact) mass is 313 g/mol. The molecule has 2 saturated heterocycles. The van der Waals surface area contributed by atoms with Gasteiger partial charge in [0.2, 0.25) is 0 Å². The van der Waals surface area contributed by atoms with Gasteiger partial charge in [0, 0.05) is 19.0 Å². The number of amides is 1. The number of aliphatic hydroxyl groups is 1. The molecule has 0 bridgehead atoms. The Morgan fingerprint density at radius 1 is 1.36 bits per heavy atom. The minimum Gasteiger partial charge on any atom is -0.444 e. The summed E-state index contributed by atoms with van der Waals surface area (Å²) >= 11 is 0. The molecule has 2 heterocycles. The second-order valence-electron chi connectivity index (χ2n) is 8.32. The van der Waals surface area contributed by atoms with Gasteiger partial charge in [0.05, 0.1) is 17.8 Å². The van der Waals surface area contributed by atoms with Crippen molar-refractivity contribution in [1.29, 1.82) is 0 Å². The number of likely N-dealkylation sites (tertiary alicyclic amines) is 1. The quantitative estimate of drug-likeness (QED) is 0.851. The number of piperidine rings is 1. The van der Waals surface area contributed by atoms with Gasteiger partial charge in [0.25, 0.3) is 0 Å². The van der Waals surface area contributed by atoms with E-state index in [4.69, 9.17) is 9.47 Å². The highest BCUT2D eigenvalue weighted by molar-refractivity contribution is 5.68. The largest absolute Gasteiger partial charge is 0.444 e. The van der Waals surface area contributed by atoms with Crippen LogP contribution in [-0.4, -0.2) is 52.6 Å². The Bertz CT molecular complexity index is 402. The first-order chi connectivity index (χ1) is 10.1. The summed E-state index contributed by atoms with van der Waals surface area (Å²) in [5.41, 5.74) is -0.545. The third-order valence-corrected chi connectivity index (χ3v) is 4.47. The lowest BCUT2D eigenvalue weighted by molar-refractivity contribution is -0.0517. The molecule has 2 rings (SSSR count). The molecule has 22 heavy (non-hydrogen) atoms. The predicted octanol–water partition coefficient (Wildman–Crippen LogP) is 2.95. The molecule has 0 saturated carbocycles. The van der Waals surface area contributed by atoms with E-state index in [2.05, 4.69) is 13.8 Å². The topological polar surface area (TPSA) is 59.0 Å². The van der Waals surface area contributed by atoms with E-state index in [1.165, 1.54) is 0 Å². The first-order valence-electron chi connectivity index (χ1n) is 8.39. The smallest absolute Gasteiger partial charge is 0.410 e. The van der Waals surface area contributed by atoms with Crippen LogP contribution >= 0.6 is 0 Å². The summed E-state index contributed by atoms with van der Waals surface area (Å²) in [6.45, 7) is 10.9. The van der Waals surface area contributed by atoms with Gasteiger partial charge in [-0.3, -0.25) is 0 Å². The second kappa shape index (κ2) is 6.36. The highest BCUT2D eigenvalue weighted by atomic mass is 16.6. The zero-order valence-electron chi connectivity index (χ0n) is 14.6. The number of rotatable bonds is 2. The molecule has 0 aliphatic carbocycles. The molecule has 0 aromatic carbocycles. The lowest BCUT2D eigenvalue weighted by Crippen LogP contribution is -2.48. The van der Waals surface area contributed by atoms with Crippen LogP contribution in [0.2, 0.25) is 0 Å². The van der Waals surface area contributed by atoms with Gasteiger partial charge < -0.3 is 19.5 Å². The Hall–Kier alpha value is -0.810. The molecule has 2 aliphatic rings. The molecule has 0 aromatic heterocycles. The van der Waals surface area contributed by atoms with Crippen LogP contribution in [0.1, 0.15) is 60.3 Å². The van der Waals surface area contributed by atoms with Crippen molar-refractivity contribution >= 4 is 6.09 Å². The molecule has 0 radical (unpaired) electrons. The standard InChI is InChI=1S/C17H31NO4/c1-16(2,3)22-15(20)18-9-7-14(19)12(11-18)10-13-6-8-17(4,5)21-13/h12-14,19H,6-11H2,1-5H3. The van der Waals surface area contributed by atoms with E-state index in [1.54, 1.807) is 4.90 Å². The van der Waals surface area contributed by atoms with Crippen molar-refractivity contribution in [3.05, 3.63) is 0 Å². The average molecular weight is 313 g/mol. The fraction of sp³-hybridized carbons (Fsp3) is 0.941. The number of hydrogen-bond acceptors (Lipinski definition) is 4. The zero-order chi connectivity index (χ0) is 16.5. The van der Waals surface area contributed by atoms with Crippen molar-refractivity contribution < 1.29 is 19.4 Å². The Labute approximate surface area is 134 Å². The molecule has 3 atom stereocenters. The van der Waals surface area contributed by atoms with Gasteiger partial charge in [0.1, 0.15) is 5.60 Å². The van der Waals surface area contributed by atoms with Crippen molar-refractivity contribution in [3.63, 3.8) is 0 Å². The van der Waals surface area contributed by atoms with Crippen LogP contribution in [0.15, 0.2) is 0 Å². The van der Waals surface area contributed by atoms with E-state index in [9.17, 15) is 9.90 Å². The molecule has 0 aromatic rings. The summed E-state index contributed by atoms with van der Waals surface area (Å²) in [4.78, 5) is 13.9. The van der Waals surface area contributed by atoms with Crippen molar-refractivity contribution in [1.82, 2.24) is 4.90 Å². The molecule has 5 nitrogen and oxygen atoms in total. The van der Waals surface area contributed by atoms with E-state index in [-0.39, 0.29) is 29.8 Å². The summed E-state index contributed by atoms with van der Waals surface area (Å²) in [7, 11) is 0. The minimum absolute atomic E-state index is 0.0604. The summed E-state index contributed by atoms with van der Waals surface area (Å²) in [6, 6.07) is 0. The van der Waals surface area contributed by atoms with Gasteiger partial charge in [-0.2, -0.15) is 0 Å². The van der Waals surface area contributed by atoms with Crippen LogP contribution < -0.4 is 0 Å². The van der Waals surface area contributed by atoms with Crippen molar-refractivity contribution in [2.24, 2.45) is 5.92 Å². The third kappa shape index (κ3) is 4.85. The molecule has 0 spiro atoms. The zero-order valence-corrected chi connectivity index (χ0v) is 14.6. The first kappa shape index (κ1) is 17.5. The predicted molar refractivity (Wildman–Crippen MR) is 84.7 cm³/mol. The Morgan fingerprint density at radius 2 is 2.05 bits per heavy atom. The summed E-state index contributed by atoms with van der Waals surface area (Å²) < 4.78 is 11.5. The normalized spacial score (nSPS) is 32.1. The van der Waals surface area contributed by atoms with Crippen molar-refractivity contribution in [3.8, 4) is 0 Å². The van der Waals surface area contributed by atoms with Gasteiger partial charge in [0.15, 0.2) is 0 Å². The molecular weight excluding hydrogens is 282 g/mol. The van der Waals surface area contributed by atoms with E-state index >= 15 is 0 Å². The Morgan fingerprint density at radius 3 is 2.59 bits per heavy atom. The molecule has 128 valence electrons. The Kier molecular flexibility index (Phi) is 5.07. The van der Waals surface area contributed by atoms with Gasteiger partial charge in [-0.15, -0.1) is 0 Å². The summed E-state index contributed by atoms with van der Waals surface area (Å²) in [5.74, 6) is 0.0696. The SMILES string of the molecule is CC(C)(C)OC(=O)N1CCC(O)C(CC2CCC(C)(C)O2)C1. The lowest BCUT2D eigenvalue weighted by atomic mass is 9.89. The average Bonchev–Trinajstić information content (AvgIpc) is 2.69.